The molecule has 0 bridgehead atoms. The van der Waals surface area contributed by atoms with Crippen molar-refractivity contribution in [3.63, 3.8) is 0 Å². The molecule has 6 nitrogen and oxygen atoms in total. The van der Waals surface area contributed by atoms with E-state index in [4.69, 9.17) is 5.73 Å². The topological polar surface area (TPSA) is 61.6 Å². The number of piperazine rings is 1. The summed E-state index contributed by atoms with van der Waals surface area (Å²) in [5.41, 5.74) is 11.1. The van der Waals surface area contributed by atoms with Gasteiger partial charge >= 0.3 is 0 Å². The normalized spacial score (nSPS) is 21.8. The zero-order valence-corrected chi connectivity index (χ0v) is 19.2. The smallest absolute Gasteiger partial charge is 0.261 e. The number of benzene rings is 3. The molecule has 0 aromatic heterocycles. The third kappa shape index (κ3) is 3.96. The number of nitrogens with one attached hydrogen (secondary N) is 1. The number of quaternary nitrogens is 1. The van der Waals surface area contributed by atoms with E-state index in [1.165, 1.54) is 11.4 Å². The van der Waals surface area contributed by atoms with Crippen LogP contribution >= 0.6 is 0 Å². The predicted octanol–water partition coefficient (Wildman–Crippen LogP) is 3.82. The first-order valence-corrected chi connectivity index (χ1v) is 11.7. The van der Waals surface area contributed by atoms with Crippen LogP contribution in [0.25, 0.3) is 0 Å². The standard InChI is InChI=1S/C27H31N5O/c1-21(19-30-14-16-31(17-15-30)23-9-7-8-22(28)18-23)32(24-10-3-2-4-11-24)20-29-27(33)25-12-5-6-13-26(25)32/h2-13,18,21H,14-17,19-20,28H2,1H3/p+1. The van der Waals surface area contributed by atoms with E-state index in [2.05, 4.69) is 70.6 Å². The summed E-state index contributed by atoms with van der Waals surface area (Å²) in [6.45, 7) is 7.78. The van der Waals surface area contributed by atoms with E-state index in [1.54, 1.807) is 0 Å². The number of nitrogen functional groups attached to an aromatic ring is 1. The first-order chi connectivity index (χ1) is 16.1. The Morgan fingerprint density at radius 2 is 1.67 bits per heavy atom. The fraction of sp³-hybridized carbons (Fsp3) is 0.296. The molecule has 2 heterocycles. The summed E-state index contributed by atoms with van der Waals surface area (Å²) >= 11 is 0. The highest BCUT2D eigenvalue weighted by molar-refractivity contribution is 6.01. The second kappa shape index (κ2) is 8.89. The van der Waals surface area contributed by atoms with Gasteiger partial charge in [-0.05, 0) is 43.3 Å². The van der Waals surface area contributed by atoms with Crippen molar-refractivity contribution in [3.05, 3.63) is 84.4 Å². The molecule has 3 aromatic carbocycles. The van der Waals surface area contributed by atoms with Gasteiger partial charge in [0.1, 0.15) is 17.3 Å². The van der Waals surface area contributed by atoms with E-state index in [0.717, 1.165) is 49.7 Å². The first-order valence-electron chi connectivity index (χ1n) is 11.7. The monoisotopic (exact) mass is 442 g/mol. The number of hydrogen-bond donors (Lipinski definition) is 2. The van der Waals surface area contributed by atoms with Crippen molar-refractivity contribution in [2.24, 2.45) is 0 Å². The number of amides is 1. The minimum Gasteiger partial charge on any atom is -0.399 e. The van der Waals surface area contributed by atoms with Crippen molar-refractivity contribution in [2.75, 3.05) is 50.0 Å². The average molecular weight is 443 g/mol. The van der Waals surface area contributed by atoms with Gasteiger partial charge in [-0.15, -0.1) is 0 Å². The Labute approximate surface area is 195 Å². The summed E-state index contributed by atoms with van der Waals surface area (Å²) in [6.07, 6.45) is 0. The van der Waals surface area contributed by atoms with Gasteiger partial charge in [0, 0.05) is 43.6 Å². The molecule has 6 heteroatoms. The number of fused-ring (bicyclic) bond motifs is 1. The zero-order valence-electron chi connectivity index (χ0n) is 19.2. The lowest BCUT2D eigenvalue weighted by Crippen LogP contribution is -2.63. The fourth-order valence-corrected chi connectivity index (χ4v) is 5.39. The van der Waals surface area contributed by atoms with E-state index in [-0.39, 0.29) is 11.9 Å². The molecule has 170 valence electrons. The van der Waals surface area contributed by atoms with E-state index >= 15 is 0 Å². The highest BCUT2D eigenvalue weighted by atomic mass is 16.2. The van der Waals surface area contributed by atoms with Crippen LogP contribution in [0, 0.1) is 0 Å². The summed E-state index contributed by atoms with van der Waals surface area (Å²) in [4.78, 5) is 17.6. The molecule has 0 spiro atoms. The predicted molar refractivity (Wildman–Crippen MR) is 136 cm³/mol. The molecule has 2 atom stereocenters. The number of anilines is 2. The van der Waals surface area contributed by atoms with Crippen molar-refractivity contribution in [1.82, 2.24) is 14.7 Å². The van der Waals surface area contributed by atoms with Crippen LogP contribution < -0.4 is 20.4 Å². The second-order valence-electron chi connectivity index (χ2n) is 9.12. The molecule has 0 radical (unpaired) electrons. The van der Waals surface area contributed by atoms with Crippen molar-refractivity contribution in [1.29, 1.82) is 0 Å². The quantitative estimate of drug-likeness (QED) is 0.466. The molecule has 2 unspecified atom stereocenters. The summed E-state index contributed by atoms with van der Waals surface area (Å²) < 4.78 is 0.623. The van der Waals surface area contributed by atoms with Crippen LogP contribution in [0.4, 0.5) is 22.7 Å². The van der Waals surface area contributed by atoms with Crippen LogP contribution in [-0.2, 0) is 0 Å². The van der Waals surface area contributed by atoms with Crippen molar-refractivity contribution in [2.45, 2.75) is 13.0 Å². The third-order valence-electron chi connectivity index (χ3n) is 7.17. The number of nitrogens with two attached hydrogens (primary N) is 1. The molecular weight excluding hydrogens is 410 g/mol. The average Bonchev–Trinajstić information content (AvgIpc) is 2.86. The molecule has 1 saturated heterocycles. The Morgan fingerprint density at radius 3 is 2.42 bits per heavy atom. The number of rotatable bonds is 5. The van der Waals surface area contributed by atoms with Gasteiger partial charge < -0.3 is 16.0 Å². The molecule has 1 amide bonds. The lowest BCUT2D eigenvalue weighted by atomic mass is 10.0. The van der Waals surface area contributed by atoms with Gasteiger partial charge in [0.2, 0.25) is 0 Å². The lowest BCUT2D eigenvalue weighted by Gasteiger charge is -2.47. The maximum absolute atomic E-state index is 12.7. The maximum atomic E-state index is 12.7. The van der Waals surface area contributed by atoms with Crippen LogP contribution in [0.15, 0.2) is 78.9 Å². The Morgan fingerprint density at radius 1 is 0.939 bits per heavy atom. The van der Waals surface area contributed by atoms with Gasteiger partial charge in [0.15, 0.2) is 12.4 Å². The van der Waals surface area contributed by atoms with Gasteiger partial charge in [-0.3, -0.25) is 9.69 Å². The lowest BCUT2D eigenvalue weighted by molar-refractivity contribution is 0.0893. The van der Waals surface area contributed by atoms with Gasteiger partial charge in [0.05, 0.1) is 6.54 Å². The van der Waals surface area contributed by atoms with E-state index in [1.807, 2.05) is 30.3 Å². The molecule has 33 heavy (non-hydrogen) atoms. The van der Waals surface area contributed by atoms with E-state index < -0.39 is 0 Å². The van der Waals surface area contributed by atoms with Crippen LogP contribution in [-0.4, -0.2) is 56.2 Å². The minimum atomic E-state index is 0.0122. The van der Waals surface area contributed by atoms with Gasteiger partial charge in [-0.25, -0.2) is 4.48 Å². The second-order valence-corrected chi connectivity index (χ2v) is 9.12. The minimum absolute atomic E-state index is 0.0122. The summed E-state index contributed by atoms with van der Waals surface area (Å²) in [5.74, 6) is 0.0122. The molecule has 1 fully saturated rings. The number of hydrogen-bond acceptors (Lipinski definition) is 4. The fourth-order valence-electron chi connectivity index (χ4n) is 5.39. The van der Waals surface area contributed by atoms with Gasteiger partial charge in [-0.2, -0.15) is 0 Å². The summed E-state index contributed by atoms with van der Waals surface area (Å²) in [5, 5.41) is 3.17. The Balaban J connectivity index is 1.39. The molecule has 2 aliphatic rings. The molecule has 3 N–H and O–H groups in total. The Kier molecular flexibility index (Phi) is 5.79. The van der Waals surface area contributed by atoms with Crippen LogP contribution in [0.2, 0.25) is 0 Å². The molecular formula is C27H32N5O+. The van der Waals surface area contributed by atoms with Crippen LogP contribution in [0.1, 0.15) is 17.3 Å². The Bertz CT molecular complexity index is 1130. The Hall–Kier alpha value is -3.35. The van der Waals surface area contributed by atoms with E-state index in [9.17, 15) is 4.79 Å². The highest BCUT2D eigenvalue weighted by Crippen LogP contribution is 2.41. The molecule has 2 aliphatic heterocycles. The van der Waals surface area contributed by atoms with Gasteiger partial charge in [0.25, 0.3) is 5.91 Å². The van der Waals surface area contributed by atoms with Gasteiger partial charge in [-0.1, -0.05) is 36.4 Å². The molecule has 0 saturated carbocycles. The first kappa shape index (κ1) is 21.5. The van der Waals surface area contributed by atoms with Crippen molar-refractivity contribution >= 4 is 28.7 Å². The van der Waals surface area contributed by atoms with Crippen molar-refractivity contribution < 1.29 is 4.79 Å². The van der Waals surface area contributed by atoms with Crippen molar-refractivity contribution in [3.8, 4) is 0 Å². The third-order valence-corrected chi connectivity index (χ3v) is 7.17. The molecule has 5 rings (SSSR count). The molecule has 0 aliphatic carbocycles. The zero-order chi connectivity index (χ0) is 22.8. The summed E-state index contributed by atoms with van der Waals surface area (Å²) in [6, 6.07) is 27.1. The SMILES string of the molecule is CC(CN1CCN(c2cccc(N)c2)CC1)[N+]1(c2ccccc2)CNC(=O)c2ccccc21. The number of nitrogens with zero attached hydrogens (tertiary/aromatic N) is 3. The maximum Gasteiger partial charge on any atom is 0.261 e. The highest BCUT2D eigenvalue weighted by Gasteiger charge is 2.45. The number of para-hydroxylation sites is 2. The van der Waals surface area contributed by atoms with Crippen LogP contribution in [0.5, 0.6) is 0 Å². The summed E-state index contributed by atoms with van der Waals surface area (Å²) in [7, 11) is 0. The molecule has 3 aromatic rings. The largest absolute Gasteiger partial charge is 0.399 e. The van der Waals surface area contributed by atoms with E-state index in [0.29, 0.717) is 11.2 Å². The number of carbonyl (C=O) groups is 1. The number of carbonyl (C=O) groups excluding carboxylic acids is 1. The van der Waals surface area contributed by atoms with Crippen LogP contribution in [0.3, 0.4) is 0 Å².